The summed E-state index contributed by atoms with van der Waals surface area (Å²) in [6.45, 7) is 4.91. The van der Waals surface area contributed by atoms with Crippen LogP contribution in [-0.4, -0.2) is 50.3 Å². The number of nitrogens with one attached hydrogen (secondary N) is 1. The Balaban J connectivity index is 2.06. The lowest BCUT2D eigenvalue weighted by Gasteiger charge is -2.19. The fraction of sp³-hybridized carbons (Fsp3) is 0.409. The molecule has 3 rings (SSSR count). The summed E-state index contributed by atoms with van der Waals surface area (Å²) in [5.74, 6) is -1.98. The molecule has 3 aromatic rings. The topological polar surface area (TPSA) is 149 Å². The Morgan fingerprint density at radius 1 is 1.23 bits per heavy atom. The summed E-state index contributed by atoms with van der Waals surface area (Å²) in [6, 6.07) is 6.42. The largest absolute Gasteiger partial charge is 0.354 e. The Hall–Kier alpha value is -2.48. The van der Waals surface area contributed by atoms with Gasteiger partial charge in [-0.2, -0.15) is 4.39 Å². The molecule has 1 aromatic carbocycles. The van der Waals surface area contributed by atoms with Gasteiger partial charge in [0.15, 0.2) is 15.1 Å². The highest BCUT2D eigenvalue weighted by Crippen LogP contribution is 2.37. The maximum Gasteiger partial charge on any atom is 0.245 e. The van der Waals surface area contributed by atoms with Crippen molar-refractivity contribution in [1.82, 2.24) is 15.3 Å². The normalized spacial score (nSPS) is 14.1. The van der Waals surface area contributed by atoms with Gasteiger partial charge in [-0.1, -0.05) is 13.3 Å². The maximum absolute atomic E-state index is 13.4. The van der Waals surface area contributed by atoms with Gasteiger partial charge in [-0.05, 0) is 55.7 Å². The number of nitrogens with two attached hydrogens (primary N) is 1. The average molecular weight is 543 g/mol. The van der Waals surface area contributed by atoms with Crippen LogP contribution in [0.3, 0.4) is 0 Å². The molecule has 0 aliphatic heterocycles. The first-order valence-corrected chi connectivity index (χ1v) is 15.0. The van der Waals surface area contributed by atoms with Crippen LogP contribution in [0.1, 0.15) is 42.5 Å². The highest BCUT2D eigenvalue weighted by atomic mass is 32.2. The third kappa shape index (κ3) is 6.40. The molecule has 13 heteroatoms. The van der Waals surface area contributed by atoms with Crippen molar-refractivity contribution in [3.8, 4) is 11.1 Å². The first kappa shape index (κ1) is 27.1. The van der Waals surface area contributed by atoms with Crippen LogP contribution in [0, 0.1) is 12.9 Å². The molecule has 0 aliphatic carbocycles. The van der Waals surface area contributed by atoms with E-state index in [1.54, 1.807) is 25.1 Å². The molecule has 190 valence electrons. The molecule has 2 aromatic heterocycles. The highest BCUT2D eigenvalue weighted by Gasteiger charge is 2.40. The van der Waals surface area contributed by atoms with Gasteiger partial charge in [0.1, 0.15) is 5.01 Å². The number of fused-ring (bicyclic) bond motifs is 1. The van der Waals surface area contributed by atoms with E-state index in [0.29, 0.717) is 28.6 Å². The molecule has 3 N–H and O–H groups in total. The molecule has 9 nitrogen and oxygen atoms in total. The maximum atomic E-state index is 13.4. The Kier molecular flexibility index (Phi) is 8.25. The number of primary sulfonamides is 1. The number of sulfonamides is 1. The van der Waals surface area contributed by atoms with E-state index in [1.165, 1.54) is 12.3 Å². The van der Waals surface area contributed by atoms with Crippen LogP contribution >= 0.6 is 11.3 Å². The van der Waals surface area contributed by atoms with Crippen LogP contribution in [0.15, 0.2) is 30.5 Å². The van der Waals surface area contributed by atoms with Gasteiger partial charge in [-0.3, -0.25) is 4.79 Å². The van der Waals surface area contributed by atoms with Crippen molar-refractivity contribution in [3.63, 3.8) is 0 Å². The molecular formula is C22H27FN4O5S3. The number of nitrogens with zero attached hydrogens (tertiary/aromatic N) is 2. The number of hydrogen-bond donors (Lipinski definition) is 2. The molecule has 35 heavy (non-hydrogen) atoms. The zero-order chi connectivity index (χ0) is 26.0. The van der Waals surface area contributed by atoms with Gasteiger partial charge in [-0.25, -0.2) is 31.9 Å². The number of amides is 1. The average Bonchev–Trinajstić information content (AvgIpc) is 3.14. The number of benzene rings is 1. The number of halogens is 1. The Bertz CT molecular complexity index is 1440. The predicted molar refractivity (Wildman–Crippen MR) is 135 cm³/mol. The van der Waals surface area contributed by atoms with Crippen molar-refractivity contribution in [2.24, 2.45) is 5.14 Å². The number of hydrogen-bond acceptors (Lipinski definition) is 8. The summed E-state index contributed by atoms with van der Waals surface area (Å²) in [4.78, 5) is 21.2. The van der Waals surface area contributed by atoms with Gasteiger partial charge >= 0.3 is 0 Å². The van der Waals surface area contributed by atoms with E-state index in [9.17, 15) is 26.0 Å². The van der Waals surface area contributed by atoms with Crippen LogP contribution in [0.2, 0.25) is 0 Å². The van der Waals surface area contributed by atoms with E-state index in [-0.39, 0.29) is 11.6 Å². The monoisotopic (exact) mass is 542 g/mol. The lowest BCUT2D eigenvalue weighted by molar-refractivity contribution is -0.120. The second kappa shape index (κ2) is 10.6. The van der Waals surface area contributed by atoms with E-state index < -0.39 is 48.0 Å². The zero-order valence-electron chi connectivity index (χ0n) is 19.5. The third-order valence-electron chi connectivity index (χ3n) is 5.52. The SMILES string of the molecule is CCCC(C)S(=O)(=O)C(C(=O)NCCS(N)(=O)=O)c1nc2cc(C)c(-c3ccc(F)nc3)cc2s1. The molecular weight excluding hydrogens is 515 g/mol. The molecule has 0 saturated heterocycles. The van der Waals surface area contributed by atoms with Gasteiger partial charge in [0.2, 0.25) is 21.9 Å². The molecule has 2 heterocycles. The van der Waals surface area contributed by atoms with Gasteiger partial charge in [0, 0.05) is 18.3 Å². The minimum Gasteiger partial charge on any atom is -0.354 e. The minimum absolute atomic E-state index is 0.0878. The summed E-state index contributed by atoms with van der Waals surface area (Å²) < 4.78 is 63.2. The number of carbonyl (C=O) groups is 1. The smallest absolute Gasteiger partial charge is 0.245 e. The molecule has 2 atom stereocenters. The Morgan fingerprint density at radius 2 is 1.94 bits per heavy atom. The number of aromatic nitrogens is 2. The number of thiazole rings is 1. The first-order chi connectivity index (χ1) is 16.3. The van der Waals surface area contributed by atoms with Gasteiger partial charge in [0.25, 0.3) is 0 Å². The zero-order valence-corrected chi connectivity index (χ0v) is 21.9. The number of aryl methyl sites for hydroxylation is 1. The standard InChI is InChI=1S/C22H27FN4O5S3/c1-4-5-14(3)35(31,32)20(21(28)25-8-9-34(24,29)30)22-27-17-10-13(2)16(11-18(17)33-22)15-6-7-19(23)26-12-15/h6-7,10-12,14,20H,4-5,8-9H2,1-3H3,(H,25,28)(H2,24,29,30). The number of rotatable bonds is 10. The molecule has 0 fully saturated rings. The quantitative estimate of drug-likeness (QED) is 0.374. The van der Waals surface area contributed by atoms with Crippen molar-refractivity contribution < 1.29 is 26.0 Å². The van der Waals surface area contributed by atoms with E-state index in [1.807, 2.05) is 13.8 Å². The second-order valence-electron chi connectivity index (χ2n) is 8.28. The fourth-order valence-corrected chi connectivity index (χ4v) is 7.32. The van der Waals surface area contributed by atoms with Crippen LogP contribution in [-0.2, 0) is 24.7 Å². The molecule has 2 unspecified atom stereocenters. The Labute approximate surface area is 208 Å². The van der Waals surface area contributed by atoms with E-state index >= 15 is 0 Å². The van der Waals surface area contributed by atoms with Crippen LogP contribution in [0.25, 0.3) is 21.3 Å². The van der Waals surface area contributed by atoms with Gasteiger partial charge in [-0.15, -0.1) is 11.3 Å². The van der Waals surface area contributed by atoms with Crippen molar-refractivity contribution in [1.29, 1.82) is 0 Å². The lowest BCUT2D eigenvalue weighted by Crippen LogP contribution is -2.39. The molecule has 0 spiro atoms. The van der Waals surface area contributed by atoms with Crippen LogP contribution < -0.4 is 10.5 Å². The van der Waals surface area contributed by atoms with E-state index in [2.05, 4.69) is 15.3 Å². The lowest BCUT2D eigenvalue weighted by atomic mass is 10.0. The van der Waals surface area contributed by atoms with Crippen LogP contribution in [0.5, 0.6) is 0 Å². The minimum atomic E-state index is -4.00. The first-order valence-electron chi connectivity index (χ1n) is 10.9. The van der Waals surface area contributed by atoms with E-state index in [4.69, 9.17) is 5.14 Å². The van der Waals surface area contributed by atoms with Crippen molar-refractivity contribution in [3.05, 3.63) is 47.0 Å². The summed E-state index contributed by atoms with van der Waals surface area (Å²) in [6.07, 6.45) is 2.37. The van der Waals surface area contributed by atoms with Crippen molar-refractivity contribution in [2.45, 2.75) is 44.1 Å². The predicted octanol–water partition coefficient (Wildman–Crippen LogP) is 2.86. The molecule has 0 aliphatic rings. The molecule has 0 saturated carbocycles. The number of pyridine rings is 1. The van der Waals surface area contributed by atoms with Gasteiger partial charge in [0.05, 0.1) is 21.2 Å². The summed E-state index contributed by atoms with van der Waals surface area (Å²) >= 11 is 1.07. The summed E-state index contributed by atoms with van der Waals surface area (Å²) in [5, 5.41) is 5.05. The highest BCUT2D eigenvalue weighted by molar-refractivity contribution is 7.93. The van der Waals surface area contributed by atoms with Gasteiger partial charge < -0.3 is 5.32 Å². The van der Waals surface area contributed by atoms with Crippen molar-refractivity contribution >= 4 is 47.3 Å². The fourth-order valence-electron chi connectivity index (χ4n) is 3.67. The summed E-state index contributed by atoms with van der Waals surface area (Å²) in [5.41, 5.74) is 2.79. The summed E-state index contributed by atoms with van der Waals surface area (Å²) in [7, 11) is -7.84. The molecule has 0 bridgehead atoms. The number of carbonyl (C=O) groups excluding carboxylic acids is 1. The van der Waals surface area contributed by atoms with Crippen LogP contribution in [0.4, 0.5) is 4.39 Å². The second-order valence-corrected chi connectivity index (χ2v) is 13.5. The van der Waals surface area contributed by atoms with E-state index in [0.717, 1.165) is 22.5 Å². The number of sulfone groups is 1. The Morgan fingerprint density at radius 3 is 2.54 bits per heavy atom. The molecule has 0 radical (unpaired) electrons. The third-order valence-corrected chi connectivity index (χ3v) is 9.98. The van der Waals surface area contributed by atoms with Crippen molar-refractivity contribution in [2.75, 3.05) is 12.3 Å². The molecule has 1 amide bonds.